The van der Waals surface area contributed by atoms with Gasteiger partial charge < -0.3 is 4.57 Å². The Balaban J connectivity index is 1.13. The molecule has 64 heavy (non-hydrogen) atoms. The molecular formula is C60H50N4. The van der Waals surface area contributed by atoms with Crippen LogP contribution in [0.5, 0.6) is 0 Å². The molecule has 4 heteroatoms. The molecule has 2 heterocycles. The lowest BCUT2D eigenvalue weighted by Crippen LogP contribution is -2.33. The molecule has 2 aliphatic carbocycles. The van der Waals surface area contributed by atoms with Gasteiger partial charge in [-0.2, -0.15) is 0 Å². The fourth-order valence-electron chi connectivity index (χ4n) is 11.2. The maximum atomic E-state index is 5.54. The summed E-state index contributed by atoms with van der Waals surface area (Å²) < 4.78 is 2.48. The van der Waals surface area contributed by atoms with E-state index < -0.39 is 0 Å². The van der Waals surface area contributed by atoms with Gasteiger partial charge in [0.15, 0.2) is 17.5 Å². The van der Waals surface area contributed by atoms with Crippen molar-refractivity contribution in [1.82, 2.24) is 19.5 Å². The zero-order chi connectivity index (χ0) is 43.5. The van der Waals surface area contributed by atoms with Crippen LogP contribution in [0.4, 0.5) is 0 Å². The highest BCUT2D eigenvalue weighted by Crippen LogP contribution is 2.52. The topological polar surface area (TPSA) is 43.6 Å². The van der Waals surface area contributed by atoms with E-state index in [0.29, 0.717) is 17.5 Å². The van der Waals surface area contributed by atoms with Crippen molar-refractivity contribution in [2.75, 3.05) is 0 Å². The van der Waals surface area contributed by atoms with Gasteiger partial charge in [-0.15, -0.1) is 0 Å². The zero-order valence-electron chi connectivity index (χ0n) is 37.4. The minimum atomic E-state index is -0.255. The SMILES string of the molecule is CC1(C)CCC(C)(C)c2cc3c(cc21)c1ccccc1n3-c1cc(-c2nc(-c3cccc(-c4ccccc4)c3)nc(-c3cccc4c3C(C)(C)c3ccccc3-4)n2)c2ccccc2c1. The summed E-state index contributed by atoms with van der Waals surface area (Å²) >= 11 is 0. The Morgan fingerprint density at radius 2 is 0.984 bits per heavy atom. The first-order valence-electron chi connectivity index (χ1n) is 22.7. The van der Waals surface area contributed by atoms with E-state index >= 15 is 0 Å². The molecule has 0 N–H and O–H groups in total. The van der Waals surface area contributed by atoms with Crippen LogP contribution >= 0.6 is 0 Å². The van der Waals surface area contributed by atoms with Crippen LogP contribution < -0.4 is 0 Å². The van der Waals surface area contributed by atoms with Crippen LogP contribution in [0.25, 0.3) is 94.7 Å². The molecule has 310 valence electrons. The Labute approximate surface area is 375 Å². The van der Waals surface area contributed by atoms with Gasteiger partial charge in [0, 0.05) is 38.6 Å². The lowest BCUT2D eigenvalue weighted by Gasteiger charge is -2.42. The number of hydrogen-bond donors (Lipinski definition) is 0. The third-order valence-corrected chi connectivity index (χ3v) is 14.7. The number of fused-ring (bicyclic) bond motifs is 8. The molecule has 0 spiro atoms. The molecule has 0 saturated heterocycles. The van der Waals surface area contributed by atoms with E-state index in [9.17, 15) is 0 Å². The Hall–Kier alpha value is -7.17. The first-order valence-corrected chi connectivity index (χ1v) is 22.7. The Bertz CT molecular complexity index is 3530. The monoisotopic (exact) mass is 826 g/mol. The standard InChI is InChI=1S/C60H50N4/c1-58(2)30-31-59(3,4)51-36-53-47(35-50(51)58)44-25-13-15-29-52(44)64(53)41-33-39-20-10-11-23-42(39)48(34-41)57-62-55(40-22-16-21-38(32-40)37-18-8-7-9-19-37)61-56(63-57)46-27-17-26-45-43-24-12-14-28-49(43)60(5,6)54(45)46/h7-29,32-36H,30-31H2,1-6H3. The van der Waals surface area contributed by atoms with Crippen molar-refractivity contribution in [3.05, 3.63) is 192 Å². The first-order chi connectivity index (χ1) is 31.0. The van der Waals surface area contributed by atoms with Crippen molar-refractivity contribution in [3.63, 3.8) is 0 Å². The van der Waals surface area contributed by atoms with E-state index in [2.05, 4.69) is 216 Å². The van der Waals surface area contributed by atoms with E-state index in [4.69, 9.17) is 15.0 Å². The van der Waals surface area contributed by atoms with Crippen molar-refractivity contribution >= 4 is 32.6 Å². The molecule has 12 rings (SSSR count). The fraction of sp³-hybridized carbons (Fsp3) is 0.183. The molecule has 0 amide bonds. The molecule has 0 radical (unpaired) electrons. The molecule has 0 unspecified atom stereocenters. The molecule has 0 bridgehead atoms. The number of para-hydroxylation sites is 1. The summed E-state index contributed by atoms with van der Waals surface area (Å²) in [6.45, 7) is 14.3. The van der Waals surface area contributed by atoms with Crippen LogP contribution in [0.2, 0.25) is 0 Å². The fourth-order valence-corrected chi connectivity index (χ4v) is 11.2. The largest absolute Gasteiger partial charge is 0.309 e. The third kappa shape index (κ3) is 5.85. The van der Waals surface area contributed by atoms with Crippen molar-refractivity contribution in [3.8, 4) is 62.1 Å². The predicted octanol–water partition coefficient (Wildman–Crippen LogP) is 15.4. The quantitative estimate of drug-likeness (QED) is 0.174. The Kier molecular flexibility index (Phi) is 8.37. The van der Waals surface area contributed by atoms with Crippen LogP contribution in [0.15, 0.2) is 170 Å². The minimum absolute atomic E-state index is 0.0674. The summed E-state index contributed by atoms with van der Waals surface area (Å²) in [6, 6.07) is 61.8. The normalized spacial score (nSPS) is 15.6. The van der Waals surface area contributed by atoms with Gasteiger partial charge in [-0.05, 0) is 115 Å². The molecule has 4 nitrogen and oxygen atoms in total. The van der Waals surface area contributed by atoms with Crippen LogP contribution in [0.3, 0.4) is 0 Å². The average molecular weight is 827 g/mol. The van der Waals surface area contributed by atoms with E-state index in [1.807, 2.05) is 0 Å². The lowest BCUT2D eigenvalue weighted by molar-refractivity contribution is 0.332. The highest BCUT2D eigenvalue weighted by atomic mass is 15.0. The van der Waals surface area contributed by atoms with Crippen molar-refractivity contribution in [1.29, 1.82) is 0 Å². The number of nitrogens with zero attached hydrogens (tertiary/aromatic N) is 4. The summed E-state index contributed by atoms with van der Waals surface area (Å²) in [5, 5.41) is 4.78. The van der Waals surface area contributed by atoms with Gasteiger partial charge in [0.25, 0.3) is 0 Å². The van der Waals surface area contributed by atoms with Crippen LogP contribution in [0, 0.1) is 0 Å². The van der Waals surface area contributed by atoms with Gasteiger partial charge in [0.2, 0.25) is 0 Å². The summed E-state index contributed by atoms with van der Waals surface area (Å²) in [5.74, 6) is 1.97. The molecule has 10 aromatic rings. The zero-order valence-corrected chi connectivity index (χ0v) is 37.4. The third-order valence-electron chi connectivity index (χ3n) is 14.7. The van der Waals surface area contributed by atoms with Gasteiger partial charge in [0.1, 0.15) is 0 Å². The van der Waals surface area contributed by atoms with Gasteiger partial charge in [-0.3, -0.25) is 0 Å². The molecule has 0 fully saturated rings. The van der Waals surface area contributed by atoms with Gasteiger partial charge in [0.05, 0.1) is 11.0 Å². The van der Waals surface area contributed by atoms with E-state index in [-0.39, 0.29) is 16.2 Å². The maximum Gasteiger partial charge on any atom is 0.164 e. The maximum absolute atomic E-state index is 5.54. The Morgan fingerprint density at radius 3 is 1.80 bits per heavy atom. The number of rotatable bonds is 5. The van der Waals surface area contributed by atoms with Gasteiger partial charge >= 0.3 is 0 Å². The molecule has 2 aliphatic rings. The number of hydrogen-bond acceptors (Lipinski definition) is 3. The number of benzene rings is 8. The lowest BCUT2D eigenvalue weighted by atomic mass is 9.63. The molecule has 0 aliphatic heterocycles. The average Bonchev–Trinajstić information content (AvgIpc) is 3.78. The summed E-state index contributed by atoms with van der Waals surface area (Å²) in [5.41, 5.74) is 16.6. The second kappa shape index (κ2) is 13.9. The van der Waals surface area contributed by atoms with Crippen molar-refractivity contribution in [2.24, 2.45) is 0 Å². The predicted molar refractivity (Wildman–Crippen MR) is 266 cm³/mol. The molecule has 0 atom stereocenters. The first kappa shape index (κ1) is 38.5. The smallest absolute Gasteiger partial charge is 0.164 e. The van der Waals surface area contributed by atoms with E-state index in [1.165, 1.54) is 61.6 Å². The minimum Gasteiger partial charge on any atom is -0.309 e. The van der Waals surface area contributed by atoms with Crippen LogP contribution in [-0.2, 0) is 16.2 Å². The van der Waals surface area contributed by atoms with Crippen molar-refractivity contribution < 1.29 is 0 Å². The highest BCUT2D eigenvalue weighted by Gasteiger charge is 2.39. The van der Waals surface area contributed by atoms with Gasteiger partial charge in [-0.25, -0.2) is 15.0 Å². The second-order valence-electron chi connectivity index (χ2n) is 19.9. The van der Waals surface area contributed by atoms with Gasteiger partial charge in [-0.1, -0.05) is 175 Å². The molecule has 2 aromatic heterocycles. The molecular weight excluding hydrogens is 777 g/mol. The summed E-state index contributed by atoms with van der Waals surface area (Å²) in [6.07, 6.45) is 2.33. The van der Waals surface area contributed by atoms with Crippen molar-refractivity contribution in [2.45, 2.75) is 70.6 Å². The Morgan fingerprint density at radius 1 is 0.391 bits per heavy atom. The highest BCUT2D eigenvalue weighted by molar-refractivity contribution is 6.10. The summed E-state index contributed by atoms with van der Waals surface area (Å²) in [7, 11) is 0. The molecule has 0 saturated carbocycles. The van der Waals surface area contributed by atoms with E-state index in [1.54, 1.807) is 0 Å². The summed E-state index contributed by atoms with van der Waals surface area (Å²) in [4.78, 5) is 16.4. The van der Waals surface area contributed by atoms with Crippen LogP contribution in [0.1, 0.15) is 76.6 Å². The molecule has 8 aromatic carbocycles. The van der Waals surface area contributed by atoms with E-state index in [0.717, 1.165) is 50.7 Å². The van der Waals surface area contributed by atoms with Crippen LogP contribution in [-0.4, -0.2) is 19.5 Å². The second-order valence-corrected chi connectivity index (χ2v) is 19.9. The number of aromatic nitrogens is 4.